The van der Waals surface area contributed by atoms with Gasteiger partial charge in [-0.3, -0.25) is 4.79 Å². The monoisotopic (exact) mass is 513 g/mol. The van der Waals surface area contributed by atoms with Crippen molar-refractivity contribution in [1.82, 2.24) is 15.3 Å². The van der Waals surface area contributed by atoms with Crippen LogP contribution in [0, 0.1) is 11.8 Å². The topological polar surface area (TPSA) is 98.2 Å². The maximum absolute atomic E-state index is 14.6. The van der Waals surface area contributed by atoms with Crippen LogP contribution in [0.15, 0.2) is 48.0 Å². The Morgan fingerprint density at radius 1 is 1.23 bits per heavy atom. The summed E-state index contributed by atoms with van der Waals surface area (Å²) in [6.07, 6.45) is 2.53. The van der Waals surface area contributed by atoms with Crippen molar-refractivity contribution in [1.29, 1.82) is 0 Å². The molecule has 2 fully saturated rings. The third-order valence-corrected chi connectivity index (χ3v) is 6.46. The minimum atomic E-state index is -3.59. The van der Waals surface area contributed by atoms with Gasteiger partial charge in [0, 0.05) is 36.6 Å². The number of hydrogen-bond donors (Lipinski definition) is 1. The fraction of sp³-hybridized carbons (Fsp3) is 0.435. The third-order valence-electron chi connectivity index (χ3n) is 5.80. The molecule has 2 saturated carbocycles. The molecule has 0 aliphatic heterocycles. The van der Waals surface area contributed by atoms with Crippen LogP contribution in [0.4, 0.5) is 17.6 Å². The summed E-state index contributed by atoms with van der Waals surface area (Å²) in [7, 11) is -3.59. The lowest BCUT2D eigenvalue weighted by molar-refractivity contribution is -0.114. The van der Waals surface area contributed by atoms with Crippen LogP contribution in [-0.2, 0) is 15.8 Å². The van der Waals surface area contributed by atoms with Gasteiger partial charge >= 0.3 is 5.92 Å². The second kappa shape index (κ2) is 9.21. The normalized spacial score (nSPS) is 19.2. The minimum absolute atomic E-state index is 0.230. The Morgan fingerprint density at radius 2 is 1.89 bits per heavy atom. The fourth-order valence-corrected chi connectivity index (χ4v) is 4.18. The number of nitrogens with one attached hydrogen (secondary N) is 1. The highest BCUT2D eigenvalue weighted by molar-refractivity contribution is 7.93. The number of carbonyl (C=O) groups excluding carboxylic acids is 1. The Bertz CT molecular complexity index is 1230. The van der Waals surface area contributed by atoms with Crippen LogP contribution < -0.4 is 10.1 Å². The van der Waals surface area contributed by atoms with E-state index < -0.39 is 70.0 Å². The number of para-hydroxylation sites is 1. The van der Waals surface area contributed by atoms with Crippen molar-refractivity contribution < 1.29 is 35.5 Å². The highest BCUT2D eigenvalue weighted by Crippen LogP contribution is 2.49. The number of benzene rings is 1. The molecule has 2 aliphatic rings. The second-order valence-electron chi connectivity index (χ2n) is 8.91. The molecule has 1 amide bonds. The number of carbonyl (C=O) groups is 1. The molecule has 0 spiro atoms. The highest BCUT2D eigenvalue weighted by Gasteiger charge is 2.51. The zero-order valence-corrected chi connectivity index (χ0v) is 19.4. The average Bonchev–Trinajstić information content (AvgIpc) is 3.61. The largest absolute Gasteiger partial charge is 0.438 e. The average molecular weight is 514 g/mol. The molecular weight excluding hydrogens is 490 g/mol. The lowest BCUT2D eigenvalue weighted by Gasteiger charge is -2.39. The summed E-state index contributed by atoms with van der Waals surface area (Å²) in [4.78, 5) is 20.6. The third kappa shape index (κ3) is 6.16. The first-order chi connectivity index (χ1) is 16.3. The molecular formula is C23H23F4N3O4S. The standard InChI is InChI=1S/C23H23F4N3O4S/c1-35(32,33)10-9-18(14-11-22(24,25)12-14)29-19(31)17-13-28-21(23(26,27)15-7-8-15)30-20(17)34-16-5-3-2-4-6-16/h2-6,9-10,13-15,18H,7-8,11-12H2,1H3,(H,29,31)/b10-9+/t18-/m0/s1. The summed E-state index contributed by atoms with van der Waals surface area (Å²) in [5, 5.41) is 3.32. The molecule has 1 heterocycles. The molecule has 1 aromatic carbocycles. The van der Waals surface area contributed by atoms with Gasteiger partial charge in [0.15, 0.2) is 9.84 Å². The molecule has 0 unspecified atom stereocenters. The maximum atomic E-state index is 14.6. The smallest absolute Gasteiger partial charge is 0.309 e. The molecule has 1 N–H and O–H groups in total. The van der Waals surface area contributed by atoms with Crippen LogP contribution in [0.3, 0.4) is 0 Å². The molecule has 0 saturated heterocycles. The molecule has 1 aromatic heterocycles. The number of rotatable bonds is 9. The van der Waals surface area contributed by atoms with Crippen LogP contribution in [0.1, 0.15) is 41.9 Å². The van der Waals surface area contributed by atoms with Gasteiger partial charge in [0.05, 0.1) is 6.04 Å². The van der Waals surface area contributed by atoms with E-state index in [1.165, 1.54) is 12.1 Å². The van der Waals surface area contributed by atoms with E-state index >= 15 is 0 Å². The van der Waals surface area contributed by atoms with Crippen molar-refractivity contribution in [2.45, 2.75) is 43.6 Å². The second-order valence-corrected chi connectivity index (χ2v) is 10.8. The van der Waals surface area contributed by atoms with E-state index in [4.69, 9.17) is 4.74 Å². The Morgan fingerprint density at radius 3 is 2.46 bits per heavy atom. The van der Waals surface area contributed by atoms with E-state index in [2.05, 4.69) is 15.3 Å². The molecule has 0 radical (unpaired) electrons. The number of alkyl halides is 4. The van der Waals surface area contributed by atoms with Crippen molar-refractivity contribution in [2.75, 3.05) is 6.26 Å². The predicted molar refractivity (Wildman–Crippen MR) is 118 cm³/mol. The Hall–Kier alpha value is -3.02. The van der Waals surface area contributed by atoms with E-state index in [1.807, 2.05) is 0 Å². The van der Waals surface area contributed by atoms with Gasteiger partial charge in [0.1, 0.15) is 11.3 Å². The van der Waals surface area contributed by atoms with Crippen LogP contribution in [-0.4, -0.2) is 42.5 Å². The van der Waals surface area contributed by atoms with Gasteiger partial charge in [-0.05, 0) is 30.9 Å². The summed E-state index contributed by atoms with van der Waals surface area (Å²) >= 11 is 0. The zero-order valence-electron chi connectivity index (χ0n) is 18.6. The van der Waals surface area contributed by atoms with Gasteiger partial charge in [-0.2, -0.15) is 13.8 Å². The summed E-state index contributed by atoms with van der Waals surface area (Å²) in [5.74, 6) is -9.68. The summed E-state index contributed by atoms with van der Waals surface area (Å²) in [6, 6.07) is 7.01. The van der Waals surface area contributed by atoms with Gasteiger partial charge in [0.25, 0.3) is 5.91 Å². The van der Waals surface area contributed by atoms with Crippen LogP contribution in [0.5, 0.6) is 11.6 Å². The van der Waals surface area contributed by atoms with E-state index in [0.717, 1.165) is 23.9 Å². The maximum Gasteiger partial charge on any atom is 0.309 e. The van der Waals surface area contributed by atoms with Crippen molar-refractivity contribution >= 4 is 15.7 Å². The summed E-state index contributed by atoms with van der Waals surface area (Å²) in [5.41, 5.74) is -0.298. The fourth-order valence-electron chi connectivity index (χ4n) is 3.73. The number of aromatic nitrogens is 2. The highest BCUT2D eigenvalue weighted by atomic mass is 32.2. The van der Waals surface area contributed by atoms with E-state index in [9.17, 15) is 30.8 Å². The van der Waals surface area contributed by atoms with Gasteiger partial charge in [0.2, 0.25) is 17.6 Å². The van der Waals surface area contributed by atoms with Gasteiger partial charge in [-0.25, -0.2) is 22.2 Å². The number of hydrogen-bond acceptors (Lipinski definition) is 6. The lowest BCUT2D eigenvalue weighted by Crippen LogP contribution is -2.49. The number of sulfone groups is 1. The first-order valence-electron chi connectivity index (χ1n) is 10.9. The molecule has 2 aromatic rings. The zero-order chi connectivity index (χ0) is 25.4. The van der Waals surface area contributed by atoms with Crippen LogP contribution >= 0.6 is 0 Å². The van der Waals surface area contributed by atoms with Crippen molar-refractivity contribution in [3.63, 3.8) is 0 Å². The van der Waals surface area contributed by atoms with Gasteiger partial charge in [-0.15, -0.1) is 0 Å². The SMILES string of the molecule is CS(=O)(=O)/C=C/[C@H](NC(=O)c1cnc(C(F)(F)C2CC2)nc1Oc1ccccc1)C1CC(F)(F)C1. The van der Waals surface area contributed by atoms with E-state index in [0.29, 0.717) is 12.8 Å². The molecule has 7 nitrogen and oxygen atoms in total. The molecule has 12 heteroatoms. The summed E-state index contributed by atoms with van der Waals surface area (Å²) < 4.78 is 84.9. The first-order valence-corrected chi connectivity index (χ1v) is 12.8. The number of ether oxygens (including phenoxy) is 1. The van der Waals surface area contributed by atoms with Gasteiger partial charge in [-0.1, -0.05) is 24.3 Å². The van der Waals surface area contributed by atoms with Crippen molar-refractivity contribution in [2.24, 2.45) is 11.8 Å². The number of halogens is 4. The number of amides is 1. The Kier molecular flexibility index (Phi) is 6.60. The van der Waals surface area contributed by atoms with Crippen LogP contribution in [0.2, 0.25) is 0 Å². The molecule has 4 rings (SSSR count). The molecule has 35 heavy (non-hydrogen) atoms. The molecule has 2 aliphatic carbocycles. The van der Waals surface area contributed by atoms with Crippen LogP contribution in [0.25, 0.3) is 0 Å². The predicted octanol–water partition coefficient (Wildman–Crippen LogP) is 4.47. The molecule has 188 valence electrons. The van der Waals surface area contributed by atoms with Gasteiger partial charge < -0.3 is 10.1 Å². The Labute approximate surface area is 199 Å². The lowest BCUT2D eigenvalue weighted by atomic mass is 9.76. The quantitative estimate of drug-likeness (QED) is 0.497. The summed E-state index contributed by atoms with van der Waals surface area (Å²) in [6.45, 7) is 0. The van der Waals surface area contributed by atoms with E-state index in [1.54, 1.807) is 18.2 Å². The van der Waals surface area contributed by atoms with Crippen molar-refractivity contribution in [3.8, 4) is 11.6 Å². The first kappa shape index (κ1) is 25.1. The minimum Gasteiger partial charge on any atom is -0.438 e. The molecule has 1 atom stereocenters. The van der Waals surface area contributed by atoms with Crippen molar-refractivity contribution in [3.05, 3.63) is 59.4 Å². The molecule has 0 bridgehead atoms. The Balaban J connectivity index is 1.64. The number of nitrogens with zero attached hydrogens (tertiary/aromatic N) is 2. The van der Waals surface area contributed by atoms with E-state index in [-0.39, 0.29) is 11.3 Å².